The average molecular weight is 236 g/mol. The van der Waals surface area contributed by atoms with Crippen LogP contribution in [0.1, 0.15) is 33.1 Å². The molecule has 0 saturated heterocycles. The predicted molar refractivity (Wildman–Crippen MR) is 67.3 cm³/mol. The van der Waals surface area contributed by atoms with E-state index in [1.54, 1.807) is 6.20 Å². The van der Waals surface area contributed by atoms with E-state index in [4.69, 9.17) is 4.74 Å². The number of hydrogen-bond acceptors (Lipinski definition) is 4. The molecule has 1 aromatic heterocycles. The van der Waals surface area contributed by atoms with Gasteiger partial charge in [-0.25, -0.2) is 4.98 Å². The summed E-state index contributed by atoms with van der Waals surface area (Å²) in [6.07, 6.45) is 4.98. The lowest BCUT2D eigenvalue weighted by Gasteiger charge is -2.41. The van der Waals surface area contributed by atoms with Gasteiger partial charge in [0.25, 0.3) is 0 Å². The molecule has 1 aliphatic carbocycles. The highest BCUT2D eigenvalue weighted by molar-refractivity contribution is 5.52. The third-order valence-electron chi connectivity index (χ3n) is 3.13. The van der Waals surface area contributed by atoms with Crippen molar-refractivity contribution in [2.24, 2.45) is 0 Å². The van der Waals surface area contributed by atoms with E-state index in [0.29, 0.717) is 0 Å². The molecule has 2 rings (SSSR count). The van der Waals surface area contributed by atoms with E-state index in [1.807, 2.05) is 26.0 Å². The Bertz CT molecular complexity index is 370. The first kappa shape index (κ1) is 12.2. The first-order chi connectivity index (χ1) is 8.15. The molecule has 1 heterocycles. The van der Waals surface area contributed by atoms with Crippen LogP contribution in [0.25, 0.3) is 0 Å². The topological polar surface area (TPSA) is 54.4 Å². The third-order valence-corrected chi connectivity index (χ3v) is 3.13. The molecule has 0 aromatic carbocycles. The van der Waals surface area contributed by atoms with Crippen LogP contribution in [0.4, 0.5) is 5.82 Å². The van der Waals surface area contributed by atoms with Gasteiger partial charge in [0.1, 0.15) is 0 Å². The van der Waals surface area contributed by atoms with Crippen molar-refractivity contribution in [1.82, 2.24) is 4.98 Å². The molecule has 0 amide bonds. The van der Waals surface area contributed by atoms with E-state index in [-0.39, 0.29) is 18.2 Å². The van der Waals surface area contributed by atoms with Crippen molar-refractivity contribution < 1.29 is 9.84 Å². The molecule has 94 valence electrons. The number of anilines is 1. The van der Waals surface area contributed by atoms with Gasteiger partial charge >= 0.3 is 0 Å². The van der Waals surface area contributed by atoms with Crippen molar-refractivity contribution in [3.05, 3.63) is 18.3 Å². The van der Waals surface area contributed by atoms with E-state index in [1.165, 1.54) is 0 Å². The normalized spacial score (nSPS) is 17.6. The highest BCUT2D eigenvalue weighted by atomic mass is 16.5. The lowest BCUT2D eigenvalue weighted by atomic mass is 9.77. The first-order valence-electron chi connectivity index (χ1n) is 6.16. The minimum atomic E-state index is -0.191. The molecule has 2 N–H and O–H groups in total. The number of nitrogens with zero attached hydrogens (tertiary/aromatic N) is 1. The zero-order valence-electron chi connectivity index (χ0n) is 10.4. The number of ether oxygens (including phenoxy) is 1. The van der Waals surface area contributed by atoms with Crippen LogP contribution >= 0.6 is 0 Å². The fraction of sp³-hybridized carbons (Fsp3) is 0.615. The Balaban J connectivity index is 2.14. The summed E-state index contributed by atoms with van der Waals surface area (Å²) in [5.41, 5.74) is -0.191. The molecule has 0 aliphatic heterocycles. The number of pyridine rings is 1. The van der Waals surface area contributed by atoms with E-state index < -0.39 is 0 Å². The van der Waals surface area contributed by atoms with Gasteiger partial charge in [-0.2, -0.15) is 0 Å². The van der Waals surface area contributed by atoms with Crippen LogP contribution < -0.4 is 10.1 Å². The maximum atomic E-state index is 9.44. The first-order valence-corrected chi connectivity index (χ1v) is 6.16. The molecular weight excluding hydrogens is 216 g/mol. The molecule has 1 aromatic rings. The van der Waals surface area contributed by atoms with E-state index >= 15 is 0 Å². The molecule has 1 saturated carbocycles. The summed E-state index contributed by atoms with van der Waals surface area (Å²) in [4.78, 5) is 4.30. The molecule has 0 radical (unpaired) electrons. The second-order valence-corrected chi connectivity index (χ2v) is 4.93. The summed E-state index contributed by atoms with van der Waals surface area (Å²) >= 11 is 0. The molecular formula is C13H20N2O2. The molecule has 0 bridgehead atoms. The summed E-state index contributed by atoms with van der Waals surface area (Å²) in [7, 11) is 0. The van der Waals surface area contributed by atoms with Gasteiger partial charge in [0.05, 0.1) is 18.2 Å². The van der Waals surface area contributed by atoms with Crippen LogP contribution in [-0.2, 0) is 0 Å². The van der Waals surface area contributed by atoms with Gasteiger partial charge in [-0.3, -0.25) is 0 Å². The fourth-order valence-corrected chi connectivity index (χ4v) is 2.01. The van der Waals surface area contributed by atoms with Crippen molar-refractivity contribution in [3.63, 3.8) is 0 Å². The van der Waals surface area contributed by atoms with Crippen molar-refractivity contribution >= 4 is 5.82 Å². The van der Waals surface area contributed by atoms with Crippen LogP contribution in [0.3, 0.4) is 0 Å². The zero-order chi connectivity index (χ0) is 12.3. The molecule has 0 atom stereocenters. The van der Waals surface area contributed by atoms with E-state index in [9.17, 15) is 5.11 Å². The smallest absolute Gasteiger partial charge is 0.169 e. The van der Waals surface area contributed by atoms with Crippen molar-refractivity contribution in [3.8, 4) is 5.75 Å². The fourth-order valence-electron chi connectivity index (χ4n) is 2.01. The second kappa shape index (κ2) is 4.92. The Morgan fingerprint density at radius 3 is 2.82 bits per heavy atom. The number of hydrogen-bond donors (Lipinski definition) is 2. The maximum absolute atomic E-state index is 9.44. The Morgan fingerprint density at radius 2 is 2.29 bits per heavy atom. The van der Waals surface area contributed by atoms with Gasteiger partial charge in [-0.15, -0.1) is 0 Å². The van der Waals surface area contributed by atoms with Crippen molar-refractivity contribution in [2.45, 2.75) is 44.8 Å². The Hall–Kier alpha value is -1.29. The highest BCUT2D eigenvalue weighted by Crippen LogP contribution is 2.36. The number of nitrogens with one attached hydrogen (secondary N) is 1. The number of aliphatic hydroxyl groups excluding tert-OH is 1. The quantitative estimate of drug-likeness (QED) is 0.823. The largest absolute Gasteiger partial charge is 0.487 e. The van der Waals surface area contributed by atoms with Crippen LogP contribution in [0.15, 0.2) is 18.3 Å². The van der Waals surface area contributed by atoms with Gasteiger partial charge in [0, 0.05) is 6.20 Å². The van der Waals surface area contributed by atoms with Gasteiger partial charge in [-0.05, 0) is 45.2 Å². The Morgan fingerprint density at radius 1 is 1.53 bits per heavy atom. The molecule has 1 fully saturated rings. The summed E-state index contributed by atoms with van der Waals surface area (Å²) in [5, 5.41) is 12.8. The molecule has 4 heteroatoms. The van der Waals surface area contributed by atoms with Crippen LogP contribution in [-0.4, -0.2) is 28.3 Å². The minimum Gasteiger partial charge on any atom is -0.487 e. The maximum Gasteiger partial charge on any atom is 0.169 e. The number of aliphatic hydroxyl groups is 1. The Labute approximate surface area is 102 Å². The van der Waals surface area contributed by atoms with Gasteiger partial charge in [0.15, 0.2) is 11.6 Å². The second-order valence-electron chi connectivity index (χ2n) is 4.93. The molecule has 4 nitrogen and oxygen atoms in total. The summed E-state index contributed by atoms with van der Waals surface area (Å²) in [6.45, 7) is 4.12. The standard InChI is InChI=1S/C13H20N2O2/c1-10(2)17-11-5-3-8-14-12(11)15-13(9-16)6-4-7-13/h3,5,8,10,16H,4,6-7,9H2,1-2H3,(H,14,15). The lowest BCUT2D eigenvalue weighted by molar-refractivity contribution is 0.143. The van der Waals surface area contributed by atoms with Crippen molar-refractivity contribution in [2.75, 3.05) is 11.9 Å². The van der Waals surface area contributed by atoms with E-state index in [2.05, 4.69) is 10.3 Å². The summed E-state index contributed by atoms with van der Waals surface area (Å²) in [5.74, 6) is 1.48. The van der Waals surface area contributed by atoms with Crippen LogP contribution in [0.5, 0.6) is 5.75 Å². The number of aromatic nitrogens is 1. The minimum absolute atomic E-state index is 0.117. The SMILES string of the molecule is CC(C)Oc1cccnc1NC1(CO)CCC1. The average Bonchev–Trinajstić information content (AvgIpc) is 2.25. The Kier molecular flexibility index (Phi) is 3.52. The van der Waals surface area contributed by atoms with E-state index in [0.717, 1.165) is 30.8 Å². The zero-order valence-corrected chi connectivity index (χ0v) is 10.4. The molecule has 1 aliphatic rings. The summed E-state index contributed by atoms with van der Waals surface area (Å²) < 4.78 is 5.70. The highest BCUT2D eigenvalue weighted by Gasteiger charge is 2.37. The lowest BCUT2D eigenvalue weighted by Crippen LogP contribution is -2.48. The van der Waals surface area contributed by atoms with Gasteiger partial charge in [-0.1, -0.05) is 0 Å². The number of rotatable bonds is 5. The van der Waals surface area contributed by atoms with Crippen molar-refractivity contribution in [1.29, 1.82) is 0 Å². The molecule has 0 unspecified atom stereocenters. The third kappa shape index (κ3) is 2.69. The van der Waals surface area contributed by atoms with Crippen LogP contribution in [0, 0.1) is 0 Å². The molecule has 17 heavy (non-hydrogen) atoms. The predicted octanol–water partition coefficient (Wildman–Crippen LogP) is 2.20. The summed E-state index contributed by atoms with van der Waals surface area (Å²) in [6, 6.07) is 3.76. The molecule has 0 spiro atoms. The van der Waals surface area contributed by atoms with Gasteiger partial charge < -0.3 is 15.2 Å². The van der Waals surface area contributed by atoms with Gasteiger partial charge in [0.2, 0.25) is 0 Å². The monoisotopic (exact) mass is 236 g/mol. The van der Waals surface area contributed by atoms with Crippen LogP contribution in [0.2, 0.25) is 0 Å².